The third kappa shape index (κ3) is 3.68. The highest BCUT2D eigenvalue weighted by Crippen LogP contribution is 2.34. The van der Waals surface area contributed by atoms with Crippen LogP contribution in [0.5, 0.6) is 0 Å². The second-order valence-electron chi connectivity index (χ2n) is 6.42. The number of aromatic nitrogens is 1. The van der Waals surface area contributed by atoms with E-state index in [1.165, 1.54) is 28.0 Å². The minimum atomic E-state index is -3.28. The van der Waals surface area contributed by atoms with E-state index in [0.717, 1.165) is 35.3 Å². The lowest BCUT2D eigenvalue weighted by Gasteiger charge is -2.29. The van der Waals surface area contributed by atoms with Gasteiger partial charge in [-0.3, -0.25) is 4.31 Å². The topological polar surface area (TPSA) is 62.3 Å². The van der Waals surface area contributed by atoms with Crippen molar-refractivity contribution in [3.05, 3.63) is 59.2 Å². The van der Waals surface area contributed by atoms with Gasteiger partial charge >= 0.3 is 0 Å². The number of aryl methyl sites for hydroxylation is 1. The zero-order valence-electron chi connectivity index (χ0n) is 14.6. The van der Waals surface area contributed by atoms with Gasteiger partial charge in [-0.1, -0.05) is 18.2 Å². The summed E-state index contributed by atoms with van der Waals surface area (Å²) in [5.74, 6) is -0.330. The number of hydrogen-bond donors (Lipinski definition) is 1. The average Bonchev–Trinajstić information content (AvgIpc) is 3.10. The van der Waals surface area contributed by atoms with Crippen LogP contribution in [0, 0.1) is 5.82 Å². The van der Waals surface area contributed by atoms with Crippen molar-refractivity contribution in [3.63, 3.8) is 0 Å². The summed E-state index contributed by atoms with van der Waals surface area (Å²) >= 11 is 1.39. The Balaban J connectivity index is 1.62. The van der Waals surface area contributed by atoms with Crippen molar-refractivity contribution in [2.45, 2.75) is 12.8 Å². The van der Waals surface area contributed by atoms with Crippen molar-refractivity contribution in [2.75, 3.05) is 22.4 Å². The molecule has 4 rings (SSSR count). The zero-order chi connectivity index (χ0) is 19.0. The number of hydrogen-bond acceptors (Lipinski definition) is 5. The van der Waals surface area contributed by atoms with Crippen LogP contribution in [-0.2, 0) is 16.4 Å². The molecule has 0 aliphatic carbocycles. The van der Waals surface area contributed by atoms with Gasteiger partial charge in [-0.25, -0.2) is 17.8 Å². The summed E-state index contributed by atoms with van der Waals surface area (Å²) in [5.41, 5.74) is 3.82. The molecule has 1 aliphatic rings. The van der Waals surface area contributed by atoms with Gasteiger partial charge in [-0.2, -0.15) is 0 Å². The van der Waals surface area contributed by atoms with Crippen LogP contribution in [0.2, 0.25) is 0 Å². The highest BCUT2D eigenvalue weighted by molar-refractivity contribution is 7.92. The molecule has 27 heavy (non-hydrogen) atoms. The minimum Gasteiger partial charge on any atom is -0.329 e. The largest absolute Gasteiger partial charge is 0.329 e. The predicted molar refractivity (Wildman–Crippen MR) is 108 cm³/mol. The van der Waals surface area contributed by atoms with Crippen LogP contribution in [0.3, 0.4) is 0 Å². The molecular formula is C19H18FN3O2S2. The highest BCUT2D eigenvalue weighted by Gasteiger charge is 2.24. The van der Waals surface area contributed by atoms with Gasteiger partial charge in [-0.15, -0.1) is 11.3 Å². The maximum absolute atomic E-state index is 13.8. The van der Waals surface area contributed by atoms with Crippen molar-refractivity contribution in [1.82, 2.24) is 4.98 Å². The molecule has 0 radical (unpaired) electrons. The molecule has 0 unspecified atom stereocenters. The van der Waals surface area contributed by atoms with Crippen LogP contribution in [0.1, 0.15) is 12.0 Å². The SMILES string of the molecule is CS(=O)(=O)N1CCCc2cc(-c3csc(Nc4ccccc4F)n3)ccc21. The maximum Gasteiger partial charge on any atom is 0.232 e. The molecule has 0 saturated heterocycles. The average molecular weight is 404 g/mol. The Morgan fingerprint density at radius 3 is 2.81 bits per heavy atom. The molecule has 0 bridgehead atoms. The highest BCUT2D eigenvalue weighted by atomic mass is 32.2. The third-order valence-electron chi connectivity index (χ3n) is 4.47. The zero-order valence-corrected chi connectivity index (χ0v) is 16.3. The summed E-state index contributed by atoms with van der Waals surface area (Å²) in [4.78, 5) is 4.54. The first-order valence-corrected chi connectivity index (χ1v) is 11.2. The number of nitrogens with one attached hydrogen (secondary N) is 1. The van der Waals surface area contributed by atoms with E-state index in [9.17, 15) is 12.8 Å². The Hall–Kier alpha value is -2.45. The van der Waals surface area contributed by atoms with Crippen LogP contribution in [0.25, 0.3) is 11.3 Å². The number of para-hydroxylation sites is 1. The molecule has 1 aromatic heterocycles. The van der Waals surface area contributed by atoms with Crippen LogP contribution >= 0.6 is 11.3 Å². The monoisotopic (exact) mass is 403 g/mol. The summed E-state index contributed by atoms with van der Waals surface area (Å²) in [6, 6.07) is 12.2. The van der Waals surface area contributed by atoms with Crippen molar-refractivity contribution < 1.29 is 12.8 Å². The predicted octanol–water partition coefficient (Wildman–Crippen LogP) is 4.41. The van der Waals surface area contributed by atoms with E-state index in [1.807, 2.05) is 23.6 Å². The lowest BCUT2D eigenvalue weighted by molar-refractivity contribution is 0.592. The molecule has 0 spiro atoms. The Kier molecular flexibility index (Phi) is 4.61. The molecule has 140 valence electrons. The number of sulfonamides is 1. The minimum absolute atomic E-state index is 0.330. The molecular weight excluding hydrogens is 385 g/mol. The first-order chi connectivity index (χ1) is 12.9. The normalized spacial score (nSPS) is 14.1. The van der Waals surface area contributed by atoms with Crippen molar-refractivity contribution in [1.29, 1.82) is 0 Å². The maximum atomic E-state index is 13.8. The number of halogens is 1. The molecule has 0 saturated carbocycles. The van der Waals surface area contributed by atoms with Gasteiger partial charge in [0.15, 0.2) is 5.13 Å². The van der Waals surface area contributed by atoms with Gasteiger partial charge in [0.05, 0.1) is 23.3 Å². The summed E-state index contributed by atoms with van der Waals surface area (Å²) in [7, 11) is -3.28. The molecule has 0 atom stereocenters. The van der Waals surface area contributed by atoms with E-state index in [0.29, 0.717) is 17.4 Å². The number of nitrogens with zero attached hydrogens (tertiary/aromatic N) is 2. The number of fused-ring (bicyclic) bond motifs is 1. The van der Waals surface area contributed by atoms with Crippen molar-refractivity contribution in [2.24, 2.45) is 0 Å². The van der Waals surface area contributed by atoms with Gasteiger partial charge in [0.1, 0.15) is 5.82 Å². The Bertz CT molecular complexity index is 1100. The number of thiazole rings is 1. The Labute approximate surface area is 161 Å². The van der Waals surface area contributed by atoms with Crippen LogP contribution < -0.4 is 9.62 Å². The lowest BCUT2D eigenvalue weighted by atomic mass is 10.00. The fraction of sp³-hybridized carbons (Fsp3) is 0.211. The fourth-order valence-corrected chi connectivity index (χ4v) is 4.94. The van der Waals surface area contributed by atoms with Crippen molar-refractivity contribution >= 4 is 37.9 Å². The van der Waals surface area contributed by atoms with E-state index in [1.54, 1.807) is 18.2 Å². The van der Waals surface area contributed by atoms with Crippen LogP contribution in [0.4, 0.5) is 20.9 Å². The molecule has 0 fully saturated rings. The van der Waals surface area contributed by atoms with Gasteiger partial charge < -0.3 is 5.32 Å². The lowest BCUT2D eigenvalue weighted by Crippen LogP contribution is -2.34. The summed E-state index contributed by atoms with van der Waals surface area (Å²) in [6.07, 6.45) is 2.86. The van der Waals surface area contributed by atoms with Gasteiger partial charge in [0.2, 0.25) is 10.0 Å². The first-order valence-electron chi connectivity index (χ1n) is 8.50. The standard InChI is InChI=1S/C19H18FN3O2S2/c1-27(24,25)23-10-4-5-14-11-13(8-9-18(14)23)17-12-26-19(22-17)21-16-7-3-2-6-15(16)20/h2-3,6-9,11-12H,4-5,10H2,1H3,(H,21,22). The molecule has 5 nitrogen and oxygen atoms in total. The fourth-order valence-electron chi connectivity index (χ4n) is 3.21. The summed E-state index contributed by atoms with van der Waals surface area (Å²) in [5, 5.41) is 5.50. The van der Waals surface area contributed by atoms with Gasteiger partial charge in [-0.05, 0) is 42.7 Å². The third-order valence-corrected chi connectivity index (χ3v) is 6.41. The second-order valence-corrected chi connectivity index (χ2v) is 9.19. The number of anilines is 3. The van der Waals surface area contributed by atoms with E-state index >= 15 is 0 Å². The molecule has 1 aliphatic heterocycles. The molecule has 8 heteroatoms. The Morgan fingerprint density at radius 2 is 2.04 bits per heavy atom. The first kappa shape index (κ1) is 17.9. The molecule has 0 amide bonds. The smallest absolute Gasteiger partial charge is 0.232 e. The van der Waals surface area contributed by atoms with Crippen LogP contribution in [-0.4, -0.2) is 26.2 Å². The quantitative estimate of drug-likeness (QED) is 0.701. The van der Waals surface area contributed by atoms with E-state index in [4.69, 9.17) is 0 Å². The van der Waals surface area contributed by atoms with Gasteiger partial charge in [0.25, 0.3) is 0 Å². The van der Waals surface area contributed by atoms with Gasteiger partial charge in [0, 0.05) is 17.5 Å². The molecule has 1 N–H and O–H groups in total. The molecule has 2 aromatic carbocycles. The second kappa shape index (κ2) is 6.94. The summed E-state index contributed by atoms with van der Waals surface area (Å²) in [6.45, 7) is 0.512. The van der Waals surface area contributed by atoms with E-state index in [2.05, 4.69) is 10.3 Å². The van der Waals surface area contributed by atoms with Crippen LogP contribution in [0.15, 0.2) is 47.8 Å². The number of benzene rings is 2. The molecule has 3 aromatic rings. The van der Waals surface area contributed by atoms with Crippen molar-refractivity contribution in [3.8, 4) is 11.3 Å². The molecule has 2 heterocycles. The number of rotatable bonds is 4. The summed E-state index contributed by atoms with van der Waals surface area (Å²) < 4.78 is 39.2. The Morgan fingerprint density at radius 1 is 1.22 bits per heavy atom. The van der Waals surface area contributed by atoms with E-state index in [-0.39, 0.29) is 5.82 Å². The van der Waals surface area contributed by atoms with E-state index < -0.39 is 10.0 Å².